The molecule has 0 amide bonds. The van der Waals surface area contributed by atoms with Crippen molar-refractivity contribution in [1.29, 1.82) is 0 Å². The van der Waals surface area contributed by atoms with Crippen molar-refractivity contribution in [2.75, 3.05) is 5.32 Å². The molecule has 0 aliphatic heterocycles. The van der Waals surface area contributed by atoms with E-state index in [4.69, 9.17) is 8.47 Å². The quantitative estimate of drug-likeness (QED) is 0.0439. The van der Waals surface area contributed by atoms with E-state index in [1.165, 1.54) is 72.8 Å². The smallest absolute Gasteiger partial charge is 0.744 e. The van der Waals surface area contributed by atoms with Crippen LogP contribution in [-0.2, 0) is 34.6 Å². The van der Waals surface area contributed by atoms with E-state index in [-0.39, 0.29) is 91.4 Å². The van der Waals surface area contributed by atoms with Crippen LogP contribution in [0.2, 0.25) is 0 Å². The maximum Gasteiger partial charge on any atom is 1.00 e. The van der Waals surface area contributed by atoms with Crippen LogP contribution in [0.15, 0.2) is 163 Å². The van der Waals surface area contributed by atoms with Gasteiger partial charge >= 0.3 is 79.4 Å². The van der Waals surface area contributed by atoms with Crippen LogP contribution in [0.1, 0.15) is 5.56 Å². The van der Waals surface area contributed by atoms with Gasteiger partial charge in [-0.2, -0.15) is 21.9 Å². The van der Waals surface area contributed by atoms with Gasteiger partial charge in [0.25, 0.3) is 5.69 Å². The minimum atomic E-state index is -5.04. The standard InChI is InChI=1S/C35H26N6O11S3.2Na/c1-23-6-17-29(18-7-23)54(47,48)51-28-15-12-26(13-16-28)38-40-52-55(49,50)34-21-20-32(30-4-2-3-5-31(30)34)39-37-25-10-8-24(9-11-25)36-33-19-14-27(41(42)43)22-35(33)53(44,45)46;;/h2-22,36H,1H3,(H,44,45,46);;/q;2*+1/p-1. The number of azo groups is 1. The Kier molecular flexibility index (Phi) is 14.8. The number of nitrogens with one attached hydrogen (secondary N) is 1. The van der Waals surface area contributed by atoms with Gasteiger partial charge in [-0.3, -0.25) is 10.1 Å². The average Bonchev–Trinajstić information content (AvgIpc) is 3.14. The van der Waals surface area contributed by atoms with Crippen molar-refractivity contribution in [2.45, 2.75) is 21.6 Å². The van der Waals surface area contributed by atoms with Gasteiger partial charge in [0.2, 0.25) is 0 Å². The van der Waals surface area contributed by atoms with E-state index in [0.29, 0.717) is 28.5 Å². The number of rotatable bonds is 13. The Morgan fingerprint density at radius 2 is 1.26 bits per heavy atom. The van der Waals surface area contributed by atoms with Crippen molar-refractivity contribution in [2.24, 2.45) is 20.6 Å². The van der Waals surface area contributed by atoms with Gasteiger partial charge in [0, 0.05) is 33.9 Å². The largest absolute Gasteiger partial charge is 1.00 e. The van der Waals surface area contributed by atoms with Gasteiger partial charge in [-0.25, -0.2) is 12.7 Å². The second-order valence-corrected chi connectivity index (χ2v) is 15.8. The van der Waals surface area contributed by atoms with Gasteiger partial charge in [0.15, 0.2) is 0 Å². The minimum Gasteiger partial charge on any atom is -0.744 e. The molecular weight excluding hydrogens is 823 g/mol. The van der Waals surface area contributed by atoms with Crippen LogP contribution in [0.5, 0.6) is 5.75 Å². The molecule has 0 fully saturated rings. The number of benzene rings is 6. The number of fused-ring (bicyclic) bond motifs is 1. The molecule has 22 heteroatoms. The van der Waals surface area contributed by atoms with E-state index in [9.17, 15) is 39.9 Å². The third-order valence-corrected chi connectivity index (χ3v) is 10.9. The summed E-state index contributed by atoms with van der Waals surface area (Å²) in [6, 6.07) is 29.5. The molecule has 0 aromatic heterocycles. The van der Waals surface area contributed by atoms with E-state index in [1.54, 1.807) is 36.4 Å². The van der Waals surface area contributed by atoms with E-state index in [1.807, 2.05) is 6.92 Å². The molecule has 1 N–H and O–H groups in total. The number of nitro groups is 1. The first kappa shape index (κ1) is 45.1. The number of anilines is 2. The molecule has 17 nitrogen and oxygen atoms in total. The summed E-state index contributed by atoms with van der Waals surface area (Å²) in [7, 11) is -13.6. The van der Waals surface area contributed by atoms with Crippen LogP contribution in [0.4, 0.5) is 34.1 Å². The summed E-state index contributed by atoms with van der Waals surface area (Å²) in [6.07, 6.45) is 0. The third kappa shape index (κ3) is 11.3. The molecular formula is C35H25N6Na2O11S3+. The first-order valence-corrected chi connectivity index (χ1v) is 19.8. The summed E-state index contributed by atoms with van der Waals surface area (Å²) < 4.78 is 96.6. The summed E-state index contributed by atoms with van der Waals surface area (Å²) in [5.74, 6) is 0.000280. The van der Waals surface area contributed by atoms with E-state index in [2.05, 4.69) is 25.9 Å². The molecule has 6 rings (SSSR count). The van der Waals surface area contributed by atoms with Crippen LogP contribution in [-0.4, -0.2) is 34.7 Å². The van der Waals surface area contributed by atoms with Crippen molar-refractivity contribution in [3.8, 4) is 5.75 Å². The van der Waals surface area contributed by atoms with Gasteiger partial charge in [-0.1, -0.05) is 42.0 Å². The number of nitro benzene ring substituents is 1. The molecule has 6 aromatic carbocycles. The van der Waals surface area contributed by atoms with Crippen LogP contribution in [0.25, 0.3) is 10.8 Å². The van der Waals surface area contributed by atoms with Gasteiger partial charge in [-0.05, 0) is 85.8 Å². The Labute approximate surface area is 370 Å². The predicted molar refractivity (Wildman–Crippen MR) is 197 cm³/mol. The van der Waals surface area contributed by atoms with Gasteiger partial charge in [0.1, 0.15) is 25.7 Å². The molecule has 0 heterocycles. The van der Waals surface area contributed by atoms with E-state index in [0.717, 1.165) is 17.7 Å². The maximum absolute atomic E-state index is 13.2. The van der Waals surface area contributed by atoms with Crippen LogP contribution in [0, 0.1) is 17.0 Å². The SMILES string of the molecule is Cc1ccc(S(=O)(=O)Oc2ccc(N=NOS(=O)(=O)c3ccc(N=Nc4ccc(Nc5ccc([N+](=O)[O-])cc5S(=O)(=O)[O-])cc4)c4ccccc34)cc2)cc1.[Na+].[Na+]. The molecule has 0 saturated carbocycles. The number of nitrogens with zero attached hydrogens (tertiary/aromatic N) is 5. The zero-order chi connectivity index (χ0) is 39.4. The van der Waals surface area contributed by atoms with Crippen LogP contribution < -0.4 is 68.6 Å². The molecule has 0 aliphatic rings. The Morgan fingerprint density at radius 3 is 1.89 bits per heavy atom. The molecule has 0 radical (unpaired) electrons. The molecule has 0 atom stereocenters. The fourth-order valence-corrected chi connectivity index (χ4v) is 7.44. The zero-order valence-corrected chi connectivity index (χ0v) is 36.5. The molecule has 280 valence electrons. The molecule has 57 heavy (non-hydrogen) atoms. The van der Waals surface area contributed by atoms with Crippen molar-refractivity contribution < 1.29 is 102 Å². The monoisotopic (exact) mass is 847 g/mol. The third-order valence-electron chi connectivity index (χ3n) is 7.64. The summed E-state index contributed by atoms with van der Waals surface area (Å²) in [5.41, 5.74) is 1.31. The van der Waals surface area contributed by atoms with Gasteiger partial charge in [-0.15, -0.1) is 10.2 Å². The molecule has 0 spiro atoms. The Balaban J connectivity index is 0.00000360. The first-order chi connectivity index (χ1) is 26.1. The Bertz CT molecular complexity index is 2830. The van der Waals surface area contributed by atoms with Gasteiger partial charge in [0.05, 0.1) is 32.6 Å². The molecule has 0 saturated heterocycles. The summed E-state index contributed by atoms with van der Waals surface area (Å²) in [6.45, 7) is 1.82. The Hall–Kier alpha value is -4.61. The second kappa shape index (κ2) is 18.8. The van der Waals surface area contributed by atoms with Crippen molar-refractivity contribution in [3.63, 3.8) is 0 Å². The molecule has 0 unspecified atom stereocenters. The van der Waals surface area contributed by atoms with Crippen LogP contribution in [0.3, 0.4) is 0 Å². The predicted octanol–water partition coefficient (Wildman–Crippen LogP) is 2.30. The molecule has 0 aliphatic carbocycles. The minimum absolute atomic E-state index is 0. The van der Waals surface area contributed by atoms with Crippen LogP contribution >= 0.6 is 0 Å². The Morgan fingerprint density at radius 1 is 0.649 bits per heavy atom. The van der Waals surface area contributed by atoms with Crippen molar-refractivity contribution >= 4 is 75.3 Å². The zero-order valence-electron chi connectivity index (χ0n) is 30.1. The van der Waals surface area contributed by atoms with Crippen molar-refractivity contribution in [3.05, 3.63) is 143 Å². The molecule has 6 aromatic rings. The molecule has 0 bridgehead atoms. The van der Waals surface area contributed by atoms with Gasteiger partial charge < -0.3 is 14.1 Å². The topological polar surface area (TPSA) is 249 Å². The van der Waals surface area contributed by atoms with E-state index < -0.39 is 45.9 Å². The number of non-ortho nitro benzene ring substituents is 1. The fraction of sp³-hybridized carbons (Fsp3) is 0.0286. The maximum atomic E-state index is 13.2. The number of hydrogen-bond donors (Lipinski definition) is 1. The fourth-order valence-electron chi connectivity index (χ4n) is 4.97. The summed E-state index contributed by atoms with van der Waals surface area (Å²) >= 11 is 0. The summed E-state index contributed by atoms with van der Waals surface area (Å²) in [5, 5.41) is 30.0. The van der Waals surface area contributed by atoms with E-state index >= 15 is 0 Å². The number of aryl methyl sites for hydroxylation is 1. The number of hydrogen-bond acceptors (Lipinski definition) is 16. The second-order valence-electron chi connectivity index (χ2n) is 11.4. The summed E-state index contributed by atoms with van der Waals surface area (Å²) in [4.78, 5) is 9.19. The van der Waals surface area contributed by atoms with Crippen molar-refractivity contribution in [1.82, 2.24) is 0 Å². The average molecular weight is 848 g/mol. The first-order valence-electron chi connectivity index (χ1n) is 15.6. The normalized spacial score (nSPS) is 11.8.